The van der Waals surface area contributed by atoms with Crippen molar-refractivity contribution in [2.45, 2.75) is 125 Å². The summed E-state index contributed by atoms with van der Waals surface area (Å²) in [6.07, 6.45) is 12.1. The van der Waals surface area contributed by atoms with Gasteiger partial charge in [0, 0.05) is 0 Å². The first-order valence-corrected chi connectivity index (χ1v) is 11.7. The molecule has 0 saturated carbocycles. The first kappa shape index (κ1) is 25.7. The maximum atomic E-state index is 10.5. The van der Waals surface area contributed by atoms with Gasteiger partial charge in [0.15, 0.2) is 0 Å². The molecule has 0 aliphatic carbocycles. The number of hydrogen-bond acceptors (Lipinski definition) is 2. The van der Waals surface area contributed by atoms with E-state index in [1.54, 1.807) is 11.1 Å². The minimum Gasteiger partial charge on any atom is -0.462 e. The molecule has 166 valence electrons. The van der Waals surface area contributed by atoms with Gasteiger partial charge in [-0.05, 0) is 113 Å². The van der Waals surface area contributed by atoms with Gasteiger partial charge in [0.05, 0.1) is 0 Å². The number of aryl methyl sites for hydroxylation is 2. The Balaban J connectivity index is 2.51. The molecule has 0 bridgehead atoms. The Hall–Kier alpha value is -1.31. The summed E-state index contributed by atoms with van der Waals surface area (Å²) in [6.45, 7) is 18.5. The molecule has 0 heterocycles. The van der Waals surface area contributed by atoms with Crippen LogP contribution in [0, 0.1) is 26.2 Å². The molecule has 0 saturated heterocycles. The van der Waals surface area contributed by atoms with Crippen LogP contribution in [0.15, 0.2) is 6.07 Å². The molecule has 1 aromatic rings. The summed E-state index contributed by atoms with van der Waals surface area (Å²) in [5, 5.41) is 0. The van der Waals surface area contributed by atoms with Crippen molar-refractivity contribution in [3.63, 3.8) is 0 Å². The third kappa shape index (κ3) is 9.83. The minimum absolute atomic E-state index is 0.335. The molecule has 1 aromatic carbocycles. The van der Waals surface area contributed by atoms with E-state index >= 15 is 0 Å². The van der Waals surface area contributed by atoms with Gasteiger partial charge in [-0.2, -0.15) is 0 Å². The zero-order valence-electron chi connectivity index (χ0n) is 20.5. The Labute approximate surface area is 180 Å². The summed E-state index contributed by atoms with van der Waals surface area (Å²) < 4.78 is 5.14. The predicted octanol–water partition coefficient (Wildman–Crippen LogP) is 7.82. The lowest BCUT2D eigenvalue weighted by molar-refractivity contribution is -0.140. The third-order valence-electron chi connectivity index (χ3n) is 6.31. The fourth-order valence-electron chi connectivity index (χ4n) is 4.23. The van der Waals surface area contributed by atoms with E-state index in [4.69, 9.17) is 4.74 Å². The van der Waals surface area contributed by atoms with Crippen molar-refractivity contribution in [1.82, 2.24) is 0 Å². The highest BCUT2D eigenvalue weighted by molar-refractivity contribution is 5.44. The van der Waals surface area contributed by atoms with Crippen LogP contribution >= 0.6 is 0 Å². The molecule has 2 heteroatoms. The van der Waals surface area contributed by atoms with Crippen LogP contribution in [-0.4, -0.2) is 12.1 Å². The van der Waals surface area contributed by atoms with Gasteiger partial charge in [-0.1, -0.05) is 46.1 Å². The number of carbonyl (C=O) groups is 1. The molecule has 0 unspecified atom stereocenters. The van der Waals surface area contributed by atoms with Crippen LogP contribution in [0.4, 0.5) is 0 Å². The average molecular weight is 403 g/mol. The quantitative estimate of drug-likeness (QED) is 0.248. The van der Waals surface area contributed by atoms with E-state index in [-0.39, 0.29) is 5.60 Å². The third-order valence-corrected chi connectivity index (χ3v) is 6.31. The Bertz CT molecular complexity index is 635. The maximum Gasteiger partial charge on any atom is 0.293 e. The van der Waals surface area contributed by atoms with Gasteiger partial charge in [0.25, 0.3) is 6.47 Å². The van der Waals surface area contributed by atoms with Gasteiger partial charge in [0.2, 0.25) is 0 Å². The van der Waals surface area contributed by atoms with Gasteiger partial charge in [-0.3, -0.25) is 4.79 Å². The second kappa shape index (κ2) is 11.8. The SMILES string of the molecule is Cc1cc(CCCCCC(C)(C)C)c(C)c(C)c1CCCCCC(C)(C)OC=O. The van der Waals surface area contributed by atoms with E-state index < -0.39 is 0 Å². The molecule has 0 aliphatic rings. The van der Waals surface area contributed by atoms with E-state index in [1.807, 2.05) is 13.8 Å². The molecule has 0 amide bonds. The number of carbonyl (C=O) groups excluding carboxylic acids is 1. The second-order valence-electron chi connectivity index (χ2n) is 10.7. The van der Waals surface area contributed by atoms with Crippen molar-refractivity contribution < 1.29 is 9.53 Å². The summed E-state index contributed by atoms with van der Waals surface area (Å²) in [6, 6.07) is 2.45. The largest absolute Gasteiger partial charge is 0.462 e. The van der Waals surface area contributed by atoms with Gasteiger partial charge in [-0.15, -0.1) is 0 Å². The highest BCUT2D eigenvalue weighted by atomic mass is 16.5. The first-order valence-electron chi connectivity index (χ1n) is 11.7. The van der Waals surface area contributed by atoms with E-state index in [0.29, 0.717) is 11.9 Å². The number of unbranched alkanes of at least 4 members (excludes halogenated alkanes) is 4. The highest BCUT2D eigenvalue weighted by Crippen LogP contribution is 2.27. The summed E-state index contributed by atoms with van der Waals surface area (Å²) >= 11 is 0. The standard InChI is InChI=1S/C27H46O2/c1-21-19-24(15-11-9-13-17-26(4,5)6)22(2)23(3)25(21)16-12-10-14-18-27(7,8)29-20-28/h19-20H,9-18H2,1-8H3. The smallest absolute Gasteiger partial charge is 0.293 e. The lowest BCUT2D eigenvalue weighted by atomic mass is 9.87. The van der Waals surface area contributed by atoms with E-state index in [2.05, 4.69) is 47.6 Å². The van der Waals surface area contributed by atoms with Crippen LogP contribution in [0.25, 0.3) is 0 Å². The van der Waals surface area contributed by atoms with Crippen molar-refractivity contribution in [2.24, 2.45) is 5.41 Å². The molecule has 0 spiro atoms. The fourth-order valence-corrected chi connectivity index (χ4v) is 4.23. The highest BCUT2D eigenvalue weighted by Gasteiger charge is 2.18. The minimum atomic E-state index is -0.335. The monoisotopic (exact) mass is 402 g/mol. The van der Waals surface area contributed by atoms with Crippen LogP contribution in [0.5, 0.6) is 0 Å². The first-order chi connectivity index (χ1) is 13.5. The van der Waals surface area contributed by atoms with Gasteiger partial charge in [0.1, 0.15) is 5.60 Å². The van der Waals surface area contributed by atoms with Crippen LogP contribution in [-0.2, 0) is 22.4 Å². The molecular weight excluding hydrogens is 356 g/mol. The molecule has 0 aliphatic heterocycles. The van der Waals surface area contributed by atoms with Gasteiger partial charge < -0.3 is 4.74 Å². The predicted molar refractivity (Wildman–Crippen MR) is 126 cm³/mol. The molecule has 0 atom stereocenters. The second-order valence-corrected chi connectivity index (χ2v) is 10.7. The summed E-state index contributed by atoms with van der Waals surface area (Å²) in [5.41, 5.74) is 7.68. The lowest BCUT2D eigenvalue weighted by Gasteiger charge is -2.22. The molecule has 2 nitrogen and oxygen atoms in total. The number of benzene rings is 1. The van der Waals surface area contributed by atoms with Crippen molar-refractivity contribution in [2.75, 3.05) is 0 Å². The average Bonchev–Trinajstić information content (AvgIpc) is 2.60. The number of ether oxygens (including phenoxy) is 1. The molecule has 1 rings (SSSR count). The Kier molecular flexibility index (Phi) is 10.4. The molecule has 0 fully saturated rings. The van der Waals surface area contributed by atoms with E-state index in [0.717, 1.165) is 19.3 Å². The lowest BCUT2D eigenvalue weighted by Crippen LogP contribution is -2.23. The maximum absolute atomic E-state index is 10.5. The van der Waals surface area contributed by atoms with Crippen molar-refractivity contribution >= 4 is 6.47 Å². The van der Waals surface area contributed by atoms with E-state index in [9.17, 15) is 4.79 Å². The summed E-state index contributed by atoms with van der Waals surface area (Å²) in [5.74, 6) is 0. The fraction of sp³-hybridized carbons (Fsp3) is 0.741. The number of rotatable bonds is 13. The Morgan fingerprint density at radius 2 is 1.38 bits per heavy atom. The van der Waals surface area contributed by atoms with Crippen LogP contribution in [0.2, 0.25) is 0 Å². The molecular formula is C27H46O2. The zero-order chi connectivity index (χ0) is 22.1. The van der Waals surface area contributed by atoms with Gasteiger partial charge >= 0.3 is 0 Å². The van der Waals surface area contributed by atoms with E-state index in [1.165, 1.54) is 61.6 Å². The topological polar surface area (TPSA) is 26.3 Å². The number of hydrogen-bond donors (Lipinski definition) is 0. The zero-order valence-corrected chi connectivity index (χ0v) is 20.5. The van der Waals surface area contributed by atoms with Crippen molar-refractivity contribution in [3.8, 4) is 0 Å². The normalized spacial score (nSPS) is 12.3. The van der Waals surface area contributed by atoms with Crippen molar-refractivity contribution in [1.29, 1.82) is 0 Å². The summed E-state index contributed by atoms with van der Waals surface area (Å²) in [4.78, 5) is 10.5. The summed E-state index contributed by atoms with van der Waals surface area (Å²) in [7, 11) is 0. The van der Waals surface area contributed by atoms with Gasteiger partial charge in [-0.25, -0.2) is 0 Å². The Morgan fingerprint density at radius 1 is 0.793 bits per heavy atom. The van der Waals surface area contributed by atoms with Crippen LogP contribution in [0.1, 0.15) is 114 Å². The molecule has 29 heavy (non-hydrogen) atoms. The molecule has 0 aromatic heterocycles. The van der Waals surface area contributed by atoms with Crippen LogP contribution in [0.3, 0.4) is 0 Å². The van der Waals surface area contributed by atoms with Crippen molar-refractivity contribution in [3.05, 3.63) is 33.9 Å². The van der Waals surface area contributed by atoms with Crippen LogP contribution < -0.4 is 0 Å². The molecule has 0 N–H and O–H groups in total. The molecule has 0 radical (unpaired) electrons. The Morgan fingerprint density at radius 3 is 1.97 bits per heavy atom.